The van der Waals surface area contributed by atoms with Gasteiger partial charge in [0.1, 0.15) is 17.4 Å². The molecule has 4 nitrogen and oxygen atoms in total. The van der Waals surface area contributed by atoms with Gasteiger partial charge in [0.2, 0.25) is 5.91 Å². The van der Waals surface area contributed by atoms with E-state index >= 15 is 0 Å². The fraction of sp³-hybridized carbons (Fsp3) is 0.211. The molecule has 124 valence electrons. The van der Waals surface area contributed by atoms with Crippen molar-refractivity contribution in [1.29, 1.82) is 0 Å². The molecular weight excluding hydrogens is 324 g/mol. The lowest BCUT2D eigenvalue weighted by atomic mass is 10.2. The third-order valence-electron chi connectivity index (χ3n) is 3.85. The highest BCUT2D eigenvalue weighted by atomic mass is 35.5. The lowest BCUT2D eigenvalue weighted by Gasteiger charge is -2.18. The minimum absolute atomic E-state index is 0.0992. The Morgan fingerprint density at radius 3 is 2.50 bits per heavy atom. The van der Waals surface area contributed by atoms with E-state index in [1.54, 1.807) is 12.1 Å². The molecule has 0 saturated heterocycles. The number of hydrogen-bond donors (Lipinski definition) is 2. The van der Waals surface area contributed by atoms with E-state index in [4.69, 9.17) is 16.0 Å². The zero-order valence-corrected chi connectivity index (χ0v) is 14.3. The molecule has 2 N–H and O–H groups in total. The smallest absolute Gasteiger partial charge is 0.242 e. The standard InChI is InChI=1S/C19H19ClN2O2/c1-12(18-11-14-5-3-4-6-17(14)24-18)22-19(23)13(2)21-16-9-7-15(20)8-10-16/h3-13,21H,1-2H3,(H,22,23). The van der Waals surface area contributed by atoms with E-state index in [-0.39, 0.29) is 18.0 Å². The van der Waals surface area contributed by atoms with Gasteiger partial charge in [0.15, 0.2) is 0 Å². The van der Waals surface area contributed by atoms with Crippen molar-refractivity contribution < 1.29 is 9.21 Å². The summed E-state index contributed by atoms with van der Waals surface area (Å²) in [7, 11) is 0. The van der Waals surface area contributed by atoms with E-state index < -0.39 is 0 Å². The van der Waals surface area contributed by atoms with Gasteiger partial charge in [-0.1, -0.05) is 29.8 Å². The summed E-state index contributed by atoms with van der Waals surface area (Å²) in [5.41, 5.74) is 1.67. The third kappa shape index (κ3) is 3.71. The maximum absolute atomic E-state index is 12.4. The van der Waals surface area contributed by atoms with Gasteiger partial charge in [-0.25, -0.2) is 0 Å². The number of rotatable bonds is 5. The first-order valence-corrected chi connectivity index (χ1v) is 8.21. The Labute approximate surface area is 145 Å². The van der Waals surface area contributed by atoms with Crippen LogP contribution in [-0.4, -0.2) is 11.9 Å². The van der Waals surface area contributed by atoms with Gasteiger partial charge in [-0.15, -0.1) is 0 Å². The molecule has 0 saturated carbocycles. The number of para-hydroxylation sites is 1. The number of carbonyl (C=O) groups excluding carboxylic acids is 1. The van der Waals surface area contributed by atoms with Crippen LogP contribution in [0.2, 0.25) is 5.02 Å². The van der Waals surface area contributed by atoms with Crippen LogP contribution in [0.25, 0.3) is 11.0 Å². The van der Waals surface area contributed by atoms with Crippen LogP contribution in [0, 0.1) is 0 Å². The molecule has 5 heteroatoms. The predicted molar refractivity (Wildman–Crippen MR) is 97.3 cm³/mol. The summed E-state index contributed by atoms with van der Waals surface area (Å²) in [6.45, 7) is 3.72. The lowest BCUT2D eigenvalue weighted by Crippen LogP contribution is -2.38. The number of amides is 1. The lowest BCUT2D eigenvalue weighted by molar-refractivity contribution is -0.122. The second-order valence-corrected chi connectivity index (χ2v) is 6.23. The topological polar surface area (TPSA) is 54.3 Å². The van der Waals surface area contributed by atoms with Crippen molar-refractivity contribution in [3.8, 4) is 0 Å². The molecule has 0 spiro atoms. The minimum atomic E-state index is -0.377. The molecule has 0 aliphatic rings. The first-order chi connectivity index (χ1) is 11.5. The van der Waals surface area contributed by atoms with Gasteiger partial charge in [-0.3, -0.25) is 4.79 Å². The molecule has 3 rings (SSSR count). The summed E-state index contributed by atoms with van der Waals surface area (Å²) in [6.07, 6.45) is 0. The predicted octanol–water partition coefficient (Wildman–Crippen LogP) is 4.76. The first kappa shape index (κ1) is 16.4. The highest BCUT2D eigenvalue weighted by Crippen LogP contribution is 2.23. The summed E-state index contributed by atoms with van der Waals surface area (Å²) in [5.74, 6) is 0.640. The number of benzene rings is 2. The zero-order valence-electron chi connectivity index (χ0n) is 13.5. The van der Waals surface area contributed by atoms with E-state index in [1.807, 2.05) is 56.3 Å². The number of hydrogen-bond acceptors (Lipinski definition) is 3. The summed E-state index contributed by atoms with van der Waals surface area (Å²) in [4.78, 5) is 12.4. The van der Waals surface area contributed by atoms with Gasteiger partial charge in [-0.05, 0) is 50.2 Å². The van der Waals surface area contributed by atoms with Crippen LogP contribution in [0.5, 0.6) is 0 Å². The van der Waals surface area contributed by atoms with Crippen molar-refractivity contribution in [1.82, 2.24) is 5.32 Å². The molecule has 0 aliphatic carbocycles. The second-order valence-electron chi connectivity index (χ2n) is 5.79. The van der Waals surface area contributed by atoms with E-state index in [0.717, 1.165) is 22.4 Å². The van der Waals surface area contributed by atoms with Crippen LogP contribution >= 0.6 is 11.6 Å². The van der Waals surface area contributed by atoms with Gasteiger partial charge in [-0.2, -0.15) is 0 Å². The molecule has 2 unspecified atom stereocenters. The summed E-state index contributed by atoms with van der Waals surface area (Å²) in [6, 6.07) is 16.4. The Balaban J connectivity index is 1.63. The zero-order chi connectivity index (χ0) is 17.1. The van der Waals surface area contributed by atoms with E-state index in [2.05, 4.69) is 10.6 Å². The summed E-state index contributed by atoms with van der Waals surface area (Å²) >= 11 is 5.86. The molecule has 0 bridgehead atoms. The quantitative estimate of drug-likeness (QED) is 0.702. The fourth-order valence-corrected chi connectivity index (χ4v) is 2.61. The average molecular weight is 343 g/mol. The number of anilines is 1. The SMILES string of the molecule is CC(Nc1ccc(Cl)cc1)C(=O)NC(C)c1cc2ccccc2o1. The number of fused-ring (bicyclic) bond motifs is 1. The number of halogens is 1. The molecule has 2 aromatic carbocycles. The number of carbonyl (C=O) groups is 1. The Morgan fingerprint density at radius 1 is 1.08 bits per heavy atom. The largest absolute Gasteiger partial charge is 0.459 e. The Morgan fingerprint density at radius 2 is 1.79 bits per heavy atom. The van der Waals surface area contributed by atoms with Gasteiger partial charge >= 0.3 is 0 Å². The van der Waals surface area contributed by atoms with Crippen molar-refractivity contribution in [2.75, 3.05) is 5.32 Å². The molecule has 1 heterocycles. The van der Waals surface area contributed by atoms with Crippen molar-refractivity contribution >= 4 is 34.2 Å². The molecule has 1 aromatic heterocycles. The van der Waals surface area contributed by atoms with Crippen molar-refractivity contribution in [2.24, 2.45) is 0 Å². The van der Waals surface area contributed by atoms with Crippen LogP contribution in [0.15, 0.2) is 59.0 Å². The van der Waals surface area contributed by atoms with Crippen LogP contribution < -0.4 is 10.6 Å². The normalized spacial score (nSPS) is 13.5. The van der Waals surface area contributed by atoms with Gasteiger partial charge in [0.05, 0.1) is 6.04 Å². The second kappa shape index (κ2) is 6.97. The molecule has 0 aliphatic heterocycles. The van der Waals surface area contributed by atoms with Gasteiger partial charge < -0.3 is 15.1 Å². The van der Waals surface area contributed by atoms with Gasteiger partial charge in [0.25, 0.3) is 0 Å². The van der Waals surface area contributed by atoms with Crippen LogP contribution in [0.1, 0.15) is 25.6 Å². The van der Waals surface area contributed by atoms with E-state index in [1.165, 1.54) is 0 Å². The molecular formula is C19H19ClN2O2. The van der Waals surface area contributed by atoms with Crippen molar-refractivity contribution in [3.05, 3.63) is 65.4 Å². The van der Waals surface area contributed by atoms with Crippen LogP contribution in [0.3, 0.4) is 0 Å². The molecule has 1 amide bonds. The Kier molecular flexibility index (Phi) is 4.76. The maximum Gasteiger partial charge on any atom is 0.242 e. The van der Waals surface area contributed by atoms with E-state index in [9.17, 15) is 4.79 Å². The summed E-state index contributed by atoms with van der Waals surface area (Å²) < 4.78 is 5.79. The monoisotopic (exact) mass is 342 g/mol. The van der Waals surface area contributed by atoms with Crippen LogP contribution in [0.4, 0.5) is 5.69 Å². The first-order valence-electron chi connectivity index (χ1n) is 7.84. The third-order valence-corrected chi connectivity index (χ3v) is 4.10. The molecule has 3 aromatic rings. The van der Waals surface area contributed by atoms with Crippen molar-refractivity contribution in [3.63, 3.8) is 0 Å². The Hall–Kier alpha value is -2.46. The highest BCUT2D eigenvalue weighted by Gasteiger charge is 2.18. The highest BCUT2D eigenvalue weighted by molar-refractivity contribution is 6.30. The fourth-order valence-electron chi connectivity index (χ4n) is 2.49. The average Bonchev–Trinajstić information content (AvgIpc) is 3.01. The van der Waals surface area contributed by atoms with Gasteiger partial charge in [0, 0.05) is 16.1 Å². The summed E-state index contributed by atoms with van der Waals surface area (Å²) in [5, 5.41) is 7.81. The molecule has 0 radical (unpaired) electrons. The molecule has 2 atom stereocenters. The molecule has 0 fully saturated rings. The minimum Gasteiger partial charge on any atom is -0.459 e. The molecule has 24 heavy (non-hydrogen) atoms. The number of nitrogens with one attached hydrogen (secondary N) is 2. The van der Waals surface area contributed by atoms with Crippen LogP contribution in [-0.2, 0) is 4.79 Å². The Bertz CT molecular complexity index is 809. The number of furan rings is 1. The van der Waals surface area contributed by atoms with Crippen molar-refractivity contribution in [2.45, 2.75) is 25.9 Å². The maximum atomic E-state index is 12.4. The van der Waals surface area contributed by atoms with E-state index in [0.29, 0.717) is 5.02 Å².